The highest BCUT2D eigenvalue weighted by Crippen LogP contribution is 2.08. The van der Waals surface area contributed by atoms with Gasteiger partial charge in [-0.3, -0.25) is 39.4 Å². The Labute approximate surface area is 232 Å². The zero-order valence-electron chi connectivity index (χ0n) is 23.3. The summed E-state index contributed by atoms with van der Waals surface area (Å²) in [6, 6.07) is 7.75. The maximum Gasteiger partial charge on any atom is 0.286 e. The topological polar surface area (TPSA) is 222 Å². The molecule has 0 amide bonds. The predicted molar refractivity (Wildman–Crippen MR) is 154 cm³/mol. The fraction of sp³-hybridized carbons (Fsp3) is 0.231. The first-order valence-corrected chi connectivity index (χ1v) is 11.8. The van der Waals surface area contributed by atoms with Crippen LogP contribution in [0.2, 0.25) is 0 Å². The third-order valence-corrected chi connectivity index (χ3v) is 5.24. The summed E-state index contributed by atoms with van der Waals surface area (Å²) in [5, 5.41) is 20.5. The molecule has 0 saturated carbocycles. The van der Waals surface area contributed by atoms with Crippen LogP contribution >= 0.6 is 0 Å². The summed E-state index contributed by atoms with van der Waals surface area (Å²) in [6.07, 6.45) is 5.51. The molecule has 0 aliphatic carbocycles. The maximum absolute atomic E-state index is 11.1. The number of nitrogens with two attached hydrogens (primary N) is 1. The van der Waals surface area contributed by atoms with Gasteiger partial charge in [0.1, 0.15) is 0 Å². The Balaban J connectivity index is 0.000000276. The van der Waals surface area contributed by atoms with Gasteiger partial charge in [-0.25, -0.2) is 0 Å². The molecule has 218 valence electrons. The zero-order valence-corrected chi connectivity index (χ0v) is 23.3. The molecule has 0 unspecified atom stereocenters. The minimum absolute atomic E-state index is 0.00694. The van der Waals surface area contributed by atoms with E-state index in [9.17, 15) is 39.4 Å². The van der Waals surface area contributed by atoms with Gasteiger partial charge in [-0.1, -0.05) is 6.07 Å². The first-order valence-electron chi connectivity index (χ1n) is 11.8. The number of hydrogen-bond donors (Lipinski definition) is 3. The molecule has 4 aromatic heterocycles. The van der Waals surface area contributed by atoms with Gasteiger partial charge < -0.3 is 24.8 Å². The molecule has 4 N–H and O–H groups in total. The van der Waals surface area contributed by atoms with Crippen molar-refractivity contribution in [1.29, 1.82) is 0 Å². The molecule has 4 heterocycles. The number of hydrogen-bond acceptors (Lipinski definition) is 9. The lowest BCUT2D eigenvalue weighted by Crippen LogP contribution is -2.18. The van der Waals surface area contributed by atoms with E-state index in [2.05, 4.69) is 9.97 Å². The van der Waals surface area contributed by atoms with Crippen LogP contribution in [0.5, 0.6) is 0 Å². The normalized spacial score (nSPS) is 9.61. The second-order valence-electron chi connectivity index (χ2n) is 8.74. The molecule has 0 spiro atoms. The summed E-state index contributed by atoms with van der Waals surface area (Å²) in [5.74, 6) is 0. The minimum atomic E-state index is -0.553. The molecule has 0 saturated heterocycles. The van der Waals surface area contributed by atoms with Crippen LogP contribution in [0.1, 0.15) is 22.3 Å². The van der Waals surface area contributed by atoms with Gasteiger partial charge in [0.15, 0.2) is 0 Å². The Bertz CT molecular complexity index is 1710. The first-order chi connectivity index (χ1) is 19.0. The molecule has 0 bridgehead atoms. The minimum Gasteiger partial charge on any atom is -0.398 e. The number of aromatic nitrogens is 4. The fourth-order valence-corrected chi connectivity index (χ4v) is 3.06. The number of H-pyrrole nitrogens is 2. The fourth-order valence-electron chi connectivity index (χ4n) is 3.06. The van der Waals surface area contributed by atoms with E-state index in [1.165, 1.54) is 41.4 Å². The second-order valence-corrected chi connectivity index (χ2v) is 8.74. The highest BCUT2D eigenvalue weighted by Gasteiger charge is 2.08. The van der Waals surface area contributed by atoms with Crippen LogP contribution < -0.4 is 28.0 Å². The molecule has 0 radical (unpaired) electrons. The van der Waals surface area contributed by atoms with Crippen molar-refractivity contribution in [2.45, 2.75) is 27.7 Å². The van der Waals surface area contributed by atoms with Crippen LogP contribution in [0.15, 0.2) is 74.3 Å². The molecule has 0 fully saturated rings. The highest BCUT2D eigenvalue weighted by atomic mass is 16.6. The van der Waals surface area contributed by atoms with Crippen molar-refractivity contribution in [2.24, 2.45) is 14.1 Å². The van der Waals surface area contributed by atoms with Crippen molar-refractivity contribution in [3.8, 4) is 0 Å². The van der Waals surface area contributed by atoms with Crippen molar-refractivity contribution < 1.29 is 9.85 Å². The van der Waals surface area contributed by atoms with Gasteiger partial charge in [0.25, 0.3) is 33.6 Å². The van der Waals surface area contributed by atoms with Crippen molar-refractivity contribution in [1.82, 2.24) is 19.1 Å². The second kappa shape index (κ2) is 15.1. The Hall–Kier alpha value is -5.60. The smallest absolute Gasteiger partial charge is 0.286 e. The number of nitro groups is 2. The summed E-state index contributed by atoms with van der Waals surface area (Å²) in [4.78, 5) is 67.6. The lowest BCUT2D eigenvalue weighted by molar-refractivity contribution is -0.385. The van der Waals surface area contributed by atoms with E-state index in [0.29, 0.717) is 22.4 Å². The van der Waals surface area contributed by atoms with Gasteiger partial charge in [0.05, 0.1) is 22.2 Å². The van der Waals surface area contributed by atoms with Crippen molar-refractivity contribution in [3.05, 3.63) is 139 Å². The van der Waals surface area contributed by atoms with Crippen LogP contribution in [-0.4, -0.2) is 28.9 Å². The van der Waals surface area contributed by atoms with E-state index in [4.69, 9.17) is 5.73 Å². The lowest BCUT2D eigenvalue weighted by Gasteiger charge is -1.99. The molecule has 4 aromatic rings. The van der Waals surface area contributed by atoms with E-state index in [1.807, 2.05) is 0 Å². The third kappa shape index (κ3) is 10.6. The standard InChI is InChI=1S/C7H8N2O3.C7H10N2O.C6H6N2O3.C6H7NO/c1-5-3-6(9(11)12)4-8(2)7(5)10;1-5-3-6(8)4-9(2)7(5)10;1-4-2-5(8(10)11)3-7-6(4)9;1-5-3-2-4-7-6(5)8/h3-4H,1-2H3;3-4H,8H2,1-2H3;2-3H,1H3,(H,7,9);2-4H,1H3,(H,7,8). The molecule has 0 atom stereocenters. The largest absolute Gasteiger partial charge is 0.398 e. The Morgan fingerprint density at radius 3 is 1.61 bits per heavy atom. The number of nitrogens with one attached hydrogen (secondary N) is 2. The summed E-state index contributed by atoms with van der Waals surface area (Å²) < 4.78 is 2.68. The average Bonchev–Trinajstić information content (AvgIpc) is 2.89. The van der Waals surface area contributed by atoms with Gasteiger partial charge in [0, 0.05) is 66.6 Å². The molecular formula is C26H31N7O8. The van der Waals surface area contributed by atoms with Crippen LogP contribution in [-0.2, 0) is 14.1 Å². The van der Waals surface area contributed by atoms with E-state index < -0.39 is 9.85 Å². The molecule has 41 heavy (non-hydrogen) atoms. The van der Waals surface area contributed by atoms with Crippen molar-refractivity contribution in [3.63, 3.8) is 0 Å². The maximum atomic E-state index is 11.1. The molecule has 4 rings (SSSR count). The lowest BCUT2D eigenvalue weighted by atomic mass is 10.3. The zero-order chi connectivity index (χ0) is 31.4. The summed E-state index contributed by atoms with van der Waals surface area (Å²) in [6.45, 7) is 6.60. The van der Waals surface area contributed by atoms with Gasteiger partial charge in [-0.05, 0) is 39.8 Å². The molecule has 15 heteroatoms. The number of rotatable bonds is 2. The SMILES string of the molecule is Cc1cc(N)cn(C)c1=O.Cc1cc([N+](=O)[O-])c[nH]c1=O.Cc1cc([N+](=O)[O-])cn(C)c1=O.Cc1ccc[nH]c1=O. The van der Waals surface area contributed by atoms with Gasteiger partial charge in [-0.2, -0.15) is 0 Å². The summed E-state index contributed by atoms with van der Waals surface area (Å²) in [5.41, 5.74) is 7.60. The molecular weight excluding hydrogens is 538 g/mol. The molecule has 0 aliphatic heterocycles. The van der Waals surface area contributed by atoms with Crippen LogP contribution in [0.4, 0.5) is 17.1 Å². The quantitative estimate of drug-likeness (QED) is 0.237. The first kappa shape index (κ1) is 33.4. The number of pyridine rings is 4. The number of aryl methyl sites for hydroxylation is 6. The summed E-state index contributed by atoms with van der Waals surface area (Å²) >= 11 is 0. The number of nitrogen functional groups attached to an aromatic ring is 1. The van der Waals surface area contributed by atoms with Gasteiger partial charge in [0.2, 0.25) is 0 Å². The highest BCUT2D eigenvalue weighted by molar-refractivity contribution is 5.37. The third-order valence-electron chi connectivity index (χ3n) is 5.24. The monoisotopic (exact) mass is 569 g/mol. The van der Waals surface area contributed by atoms with E-state index in [0.717, 1.165) is 11.8 Å². The van der Waals surface area contributed by atoms with Crippen molar-refractivity contribution in [2.75, 3.05) is 5.73 Å². The summed E-state index contributed by atoms with van der Waals surface area (Å²) in [7, 11) is 3.17. The Morgan fingerprint density at radius 2 is 1.20 bits per heavy atom. The van der Waals surface area contributed by atoms with Crippen LogP contribution in [0.3, 0.4) is 0 Å². The van der Waals surface area contributed by atoms with E-state index >= 15 is 0 Å². The number of aromatic amines is 2. The number of anilines is 1. The Morgan fingerprint density at radius 1 is 0.707 bits per heavy atom. The van der Waals surface area contributed by atoms with E-state index in [1.54, 1.807) is 58.4 Å². The van der Waals surface area contributed by atoms with Gasteiger partial charge >= 0.3 is 0 Å². The molecule has 15 nitrogen and oxygen atoms in total. The predicted octanol–water partition coefficient (Wildman–Crippen LogP) is 2.15. The van der Waals surface area contributed by atoms with Crippen molar-refractivity contribution >= 4 is 17.1 Å². The average molecular weight is 570 g/mol. The van der Waals surface area contributed by atoms with E-state index in [-0.39, 0.29) is 33.6 Å². The number of nitrogens with zero attached hydrogens (tertiary/aromatic N) is 4. The van der Waals surface area contributed by atoms with Crippen LogP contribution in [0, 0.1) is 47.9 Å². The van der Waals surface area contributed by atoms with Crippen LogP contribution in [0.25, 0.3) is 0 Å². The Kier molecular flexibility index (Phi) is 12.3. The van der Waals surface area contributed by atoms with Gasteiger partial charge in [-0.15, -0.1) is 0 Å². The molecule has 0 aliphatic rings. The molecule has 0 aromatic carbocycles.